The van der Waals surface area contributed by atoms with Gasteiger partial charge in [0.15, 0.2) is 0 Å². The maximum Gasteiger partial charge on any atom is 0.227 e. The average molecular weight is 260 g/mol. The first-order valence-corrected chi connectivity index (χ1v) is 7.09. The molecule has 19 heavy (non-hydrogen) atoms. The smallest absolute Gasteiger partial charge is 0.227 e. The molecule has 1 aromatic rings. The zero-order valence-corrected chi connectivity index (χ0v) is 12.1. The summed E-state index contributed by atoms with van der Waals surface area (Å²) in [7, 11) is 0. The summed E-state index contributed by atoms with van der Waals surface area (Å²) in [6, 6.07) is 8.37. The summed E-state index contributed by atoms with van der Waals surface area (Å²) in [4.78, 5) is 12.4. The highest BCUT2D eigenvalue weighted by atomic mass is 16.2. The zero-order valence-electron chi connectivity index (χ0n) is 12.1. The molecule has 1 aromatic carbocycles. The van der Waals surface area contributed by atoms with Crippen molar-refractivity contribution in [3.63, 3.8) is 0 Å². The van der Waals surface area contributed by atoms with Crippen molar-refractivity contribution >= 4 is 5.91 Å². The van der Waals surface area contributed by atoms with Gasteiger partial charge in [0.1, 0.15) is 0 Å². The minimum atomic E-state index is -0.268. The van der Waals surface area contributed by atoms with Gasteiger partial charge >= 0.3 is 0 Å². The van der Waals surface area contributed by atoms with E-state index in [1.807, 2.05) is 13.0 Å². The molecule has 0 aromatic heterocycles. The second-order valence-corrected chi connectivity index (χ2v) is 5.95. The van der Waals surface area contributed by atoms with E-state index in [4.69, 9.17) is 0 Å². The van der Waals surface area contributed by atoms with Crippen molar-refractivity contribution in [3.8, 4) is 0 Å². The van der Waals surface area contributed by atoms with E-state index in [2.05, 4.69) is 42.7 Å². The molecule has 1 amide bonds. The maximum atomic E-state index is 12.4. The van der Waals surface area contributed by atoms with Crippen molar-refractivity contribution in [1.82, 2.24) is 10.6 Å². The van der Waals surface area contributed by atoms with E-state index in [9.17, 15) is 4.79 Å². The van der Waals surface area contributed by atoms with Crippen LogP contribution in [0, 0.1) is 12.3 Å². The minimum absolute atomic E-state index is 0.0613. The molecular formula is C16H24N2O. The second-order valence-electron chi connectivity index (χ2n) is 5.95. The normalized spacial score (nSPS) is 24.8. The molecule has 1 fully saturated rings. The van der Waals surface area contributed by atoms with E-state index in [0.717, 1.165) is 25.9 Å². The van der Waals surface area contributed by atoms with E-state index in [1.165, 1.54) is 11.1 Å². The van der Waals surface area contributed by atoms with Crippen molar-refractivity contribution in [1.29, 1.82) is 0 Å². The van der Waals surface area contributed by atoms with Crippen LogP contribution >= 0.6 is 0 Å². The molecule has 0 bridgehead atoms. The van der Waals surface area contributed by atoms with Gasteiger partial charge in [0.2, 0.25) is 5.91 Å². The predicted molar refractivity (Wildman–Crippen MR) is 77.9 cm³/mol. The first kappa shape index (κ1) is 14.1. The van der Waals surface area contributed by atoms with E-state index in [-0.39, 0.29) is 17.4 Å². The zero-order chi connectivity index (χ0) is 13.9. The Labute approximate surface area is 115 Å². The number of piperidine rings is 1. The summed E-state index contributed by atoms with van der Waals surface area (Å²) in [6.45, 7) is 7.98. The fraction of sp³-hybridized carbons (Fsp3) is 0.562. The molecule has 1 heterocycles. The van der Waals surface area contributed by atoms with Crippen LogP contribution in [0.4, 0.5) is 0 Å². The summed E-state index contributed by atoms with van der Waals surface area (Å²) in [5, 5.41) is 6.47. The largest absolute Gasteiger partial charge is 0.349 e. The van der Waals surface area contributed by atoms with Crippen LogP contribution in [0.3, 0.4) is 0 Å². The standard InChI is InChI=1S/C16H24N2O/c1-12-6-4-7-14(10-12)13(2)18-15(19)16(3)8-5-9-17-11-16/h4,6-7,10,13,17H,5,8-9,11H2,1-3H3,(H,18,19)/t13-,16?/m1/s1. The van der Waals surface area contributed by atoms with Gasteiger partial charge in [0.25, 0.3) is 0 Å². The summed E-state index contributed by atoms with van der Waals surface area (Å²) in [5.74, 6) is 0.161. The van der Waals surface area contributed by atoms with Crippen molar-refractivity contribution in [2.24, 2.45) is 5.41 Å². The van der Waals surface area contributed by atoms with Crippen molar-refractivity contribution in [2.45, 2.75) is 39.7 Å². The van der Waals surface area contributed by atoms with Crippen LogP contribution in [-0.2, 0) is 4.79 Å². The monoisotopic (exact) mass is 260 g/mol. The predicted octanol–water partition coefficient (Wildman–Crippen LogP) is 2.56. The molecule has 2 rings (SSSR count). The highest BCUT2D eigenvalue weighted by molar-refractivity contribution is 5.83. The number of aryl methyl sites for hydroxylation is 1. The van der Waals surface area contributed by atoms with Crippen LogP contribution in [0.5, 0.6) is 0 Å². The van der Waals surface area contributed by atoms with Gasteiger partial charge in [-0.2, -0.15) is 0 Å². The average Bonchev–Trinajstić information content (AvgIpc) is 2.39. The molecule has 104 valence electrons. The Balaban J connectivity index is 2.02. The lowest BCUT2D eigenvalue weighted by Gasteiger charge is -2.33. The maximum absolute atomic E-state index is 12.4. The Morgan fingerprint density at radius 1 is 1.47 bits per heavy atom. The van der Waals surface area contributed by atoms with Crippen LogP contribution < -0.4 is 10.6 Å². The third kappa shape index (κ3) is 3.35. The lowest BCUT2D eigenvalue weighted by molar-refractivity contribution is -0.131. The van der Waals surface area contributed by atoms with E-state index in [1.54, 1.807) is 0 Å². The van der Waals surface area contributed by atoms with E-state index >= 15 is 0 Å². The SMILES string of the molecule is Cc1cccc([C@@H](C)NC(=O)C2(C)CCCNC2)c1. The number of hydrogen-bond acceptors (Lipinski definition) is 2. The summed E-state index contributed by atoms with van der Waals surface area (Å²) in [5.41, 5.74) is 2.13. The van der Waals surface area contributed by atoms with Crippen LogP contribution in [0.15, 0.2) is 24.3 Å². The van der Waals surface area contributed by atoms with Crippen LogP contribution in [0.25, 0.3) is 0 Å². The fourth-order valence-electron chi connectivity index (χ4n) is 2.64. The first-order chi connectivity index (χ1) is 9.01. The van der Waals surface area contributed by atoms with Gasteiger partial charge in [-0.3, -0.25) is 4.79 Å². The third-order valence-electron chi connectivity index (χ3n) is 4.04. The molecule has 0 spiro atoms. The molecule has 0 aliphatic carbocycles. The molecule has 1 aliphatic rings. The molecule has 1 saturated heterocycles. The van der Waals surface area contributed by atoms with Gasteiger partial charge in [-0.25, -0.2) is 0 Å². The highest BCUT2D eigenvalue weighted by Gasteiger charge is 2.35. The number of hydrogen-bond donors (Lipinski definition) is 2. The Bertz CT molecular complexity index is 450. The van der Waals surface area contributed by atoms with Crippen molar-refractivity contribution < 1.29 is 4.79 Å². The summed E-state index contributed by atoms with van der Waals surface area (Å²) in [6.07, 6.45) is 2.04. The molecule has 2 atom stereocenters. The quantitative estimate of drug-likeness (QED) is 0.877. The fourth-order valence-corrected chi connectivity index (χ4v) is 2.64. The van der Waals surface area contributed by atoms with E-state index < -0.39 is 0 Å². The van der Waals surface area contributed by atoms with Gasteiger partial charge in [-0.15, -0.1) is 0 Å². The Morgan fingerprint density at radius 2 is 2.26 bits per heavy atom. The Morgan fingerprint density at radius 3 is 2.89 bits per heavy atom. The van der Waals surface area contributed by atoms with Gasteiger partial charge in [-0.05, 0) is 45.7 Å². The molecule has 3 heteroatoms. The highest BCUT2D eigenvalue weighted by Crippen LogP contribution is 2.27. The topological polar surface area (TPSA) is 41.1 Å². The summed E-state index contributed by atoms with van der Waals surface area (Å²) >= 11 is 0. The van der Waals surface area contributed by atoms with Crippen LogP contribution in [0.2, 0.25) is 0 Å². The number of benzene rings is 1. The van der Waals surface area contributed by atoms with Crippen LogP contribution in [0.1, 0.15) is 43.9 Å². The molecule has 3 nitrogen and oxygen atoms in total. The van der Waals surface area contributed by atoms with Gasteiger partial charge in [-0.1, -0.05) is 29.8 Å². The Kier molecular flexibility index (Phi) is 4.25. The minimum Gasteiger partial charge on any atom is -0.349 e. The van der Waals surface area contributed by atoms with Gasteiger partial charge in [0.05, 0.1) is 11.5 Å². The number of carbonyl (C=O) groups is 1. The summed E-state index contributed by atoms with van der Waals surface area (Å²) < 4.78 is 0. The van der Waals surface area contributed by atoms with Crippen LogP contribution in [-0.4, -0.2) is 19.0 Å². The molecule has 2 N–H and O–H groups in total. The van der Waals surface area contributed by atoms with Crippen molar-refractivity contribution in [3.05, 3.63) is 35.4 Å². The molecule has 0 radical (unpaired) electrons. The number of rotatable bonds is 3. The number of carbonyl (C=O) groups excluding carboxylic acids is 1. The first-order valence-electron chi connectivity index (χ1n) is 7.09. The van der Waals surface area contributed by atoms with Gasteiger partial charge < -0.3 is 10.6 Å². The lowest BCUT2D eigenvalue weighted by atomic mass is 9.81. The molecule has 1 unspecified atom stereocenters. The second kappa shape index (κ2) is 5.74. The number of nitrogens with one attached hydrogen (secondary N) is 2. The Hall–Kier alpha value is -1.35. The van der Waals surface area contributed by atoms with Gasteiger partial charge in [0, 0.05) is 6.54 Å². The number of amides is 1. The molecular weight excluding hydrogens is 236 g/mol. The third-order valence-corrected chi connectivity index (χ3v) is 4.04. The molecule has 0 saturated carbocycles. The van der Waals surface area contributed by atoms with Crippen molar-refractivity contribution in [2.75, 3.05) is 13.1 Å². The lowest BCUT2D eigenvalue weighted by Crippen LogP contribution is -2.49. The molecule has 1 aliphatic heterocycles. The van der Waals surface area contributed by atoms with E-state index in [0.29, 0.717) is 0 Å².